The normalized spacial score (nSPS) is 12.0. The second-order valence-electron chi connectivity index (χ2n) is 8.65. The van der Waals surface area contributed by atoms with Crippen molar-refractivity contribution in [3.05, 3.63) is 95.6 Å². The lowest BCUT2D eigenvalue weighted by atomic mass is 10.1. The summed E-state index contributed by atoms with van der Waals surface area (Å²) in [6.07, 6.45) is 0.382. The number of nitrogens with zero attached hydrogens (tertiary/aromatic N) is 2. The van der Waals surface area contributed by atoms with Gasteiger partial charge in [0.25, 0.3) is 10.0 Å². The zero-order chi connectivity index (χ0) is 26.3. The highest BCUT2D eigenvalue weighted by Crippen LogP contribution is 2.25. The van der Waals surface area contributed by atoms with E-state index in [4.69, 9.17) is 0 Å². The largest absolute Gasteiger partial charge is 0.357 e. The molecule has 1 N–H and O–H groups in total. The third-order valence-corrected chi connectivity index (χ3v) is 7.95. The Kier molecular flexibility index (Phi) is 8.88. The minimum absolute atomic E-state index is 0.0912. The number of hydrogen-bond acceptors (Lipinski definition) is 4. The van der Waals surface area contributed by atoms with Crippen molar-refractivity contribution in [1.82, 2.24) is 10.2 Å². The molecule has 2 amide bonds. The predicted molar refractivity (Wildman–Crippen MR) is 142 cm³/mol. The van der Waals surface area contributed by atoms with Crippen LogP contribution in [-0.4, -0.2) is 44.8 Å². The summed E-state index contributed by atoms with van der Waals surface area (Å²) in [5.41, 5.74) is 3.17. The van der Waals surface area contributed by atoms with E-state index in [9.17, 15) is 18.0 Å². The maximum Gasteiger partial charge on any atom is 0.264 e. The van der Waals surface area contributed by atoms with Crippen molar-refractivity contribution in [2.45, 2.75) is 44.7 Å². The fourth-order valence-corrected chi connectivity index (χ4v) is 5.43. The first kappa shape index (κ1) is 26.9. The molecule has 3 aromatic rings. The van der Waals surface area contributed by atoms with E-state index < -0.39 is 28.5 Å². The fourth-order valence-electron chi connectivity index (χ4n) is 4.02. The van der Waals surface area contributed by atoms with Gasteiger partial charge in [-0.25, -0.2) is 8.42 Å². The zero-order valence-corrected chi connectivity index (χ0v) is 22.0. The maximum absolute atomic E-state index is 13.8. The Hall–Kier alpha value is -3.65. The van der Waals surface area contributed by atoms with Crippen LogP contribution in [0.15, 0.2) is 83.8 Å². The van der Waals surface area contributed by atoms with Crippen LogP contribution >= 0.6 is 0 Å². The summed E-state index contributed by atoms with van der Waals surface area (Å²) in [4.78, 5) is 28.1. The summed E-state index contributed by atoms with van der Waals surface area (Å²) in [7, 11) is -2.53. The average molecular weight is 508 g/mol. The van der Waals surface area contributed by atoms with Crippen molar-refractivity contribution in [3.63, 3.8) is 0 Å². The summed E-state index contributed by atoms with van der Waals surface area (Å²) in [6, 6.07) is 21.9. The van der Waals surface area contributed by atoms with Crippen molar-refractivity contribution in [2.75, 3.05) is 17.9 Å². The highest BCUT2D eigenvalue weighted by molar-refractivity contribution is 7.92. The molecular formula is C28H33N3O4S. The summed E-state index contributed by atoms with van der Waals surface area (Å²) in [5, 5.41) is 2.63. The van der Waals surface area contributed by atoms with Gasteiger partial charge in [0, 0.05) is 13.6 Å². The molecule has 0 aliphatic carbocycles. The van der Waals surface area contributed by atoms with E-state index >= 15 is 0 Å². The van der Waals surface area contributed by atoms with E-state index in [1.165, 1.54) is 24.1 Å². The third-order valence-electron chi connectivity index (χ3n) is 6.17. The molecule has 0 aromatic heterocycles. The lowest BCUT2D eigenvalue weighted by molar-refractivity contribution is -0.140. The molecule has 0 unspecified atom stereocenters. The first-order valence-electron chi connectivity index (χ1n) is 11.9. The average Bonchev–Trinajstić information content (AvgIpc) is 2.88. The molecule has 7 nitrogen and oxygen atoms in total. The van der Waals surface area contributed by atoms with E-state index in [1.807, 2.05) is 45.0 Å². The van der Waals surface area contributed by atoms with Crippen LogP contribution in [0.25, 0.3) is 0 Å². The molecular weight excluding hydrogens is 474 g/mol. The number of nitrogens with one attached hydrogen (secondary N) is 1. The summed E-state index contributed by atoms with van der Waals surface area (Å²) in [5.74, 6) is -0.764. The van der Waals surface area contributed by atoms with Crippen LogP contribution in [0, 0.1) is 13.8 Å². The predicted octanol–water partition coefficient (Wildman–Crippen LogP) is 4.05. The number of benzene rings is 3. The van der Waals surface area contributed by atoms with Crippen LogP contribution < -0.4 is 9.62 Å². The molecule has 0 fully saturated rings. The molecule has 3 rings (SSSR count). The molecule has 1 atom stereocenters. The Morgan fingerprint density at radius 3 is 2.08 bits per heavy atom. The topological polar surface area (TPSA) is 86.8 Å². The van der Waals surface area contributed by atoms with Gasteiger partial charge >= 0.3 is 0 Å². The van der Waals surface area contributed by atoms with Gasteiger partial charge in [0.2, 0.25) is 11.8 Å². The van der Waals surface area contributed by atoms with Gasteiger partial charge in [-0.05, 0) is 55.7 Å². The van der Waals surface area contributed by atoms with Gasteiger partial charge in [-0.3, -0.25) is 13.9 Å². The highest BCUT2D eigenvalue weighted by atomic mass is 32.2. The number of carbonyl (C=O) groups is 2. The van der Waals surface area contributed by atoms with Crippen LogP contribution in [0.4, 0.5) is 5.69 Å². The molecule has 0 aliphatic rings. The number of hydrogen-bond donors (Lipinski definition) is 1. The number of aryl methyl sites for hydroxylation is 2. The van der Waals surface area contributed by atoms with E-state index in [2.05, 4.69) is 5.32 Å². The number of rotatable bonds is 10. The van der Waals surface area contributed by atoms with Gasteiger partial charge in [0.1, 0.15) is 12.6 Å². The Morgan fingerprint density at radius 1 is 0.889 bits per heavy atom. The summed E-state index contributed by atoms with van der Waals surface area (Å²) < 4.78 is 28.6. The third kappa shape index (κ3) is 6.12. The van der Waals surface area contributed by atoms with E-state index in [-0.39, 0.29) is 17.3 Å². The molecule has 190 valence electrons. The van der Waals surface area contributed by atoms with Gasteiger partial charge < -0.3 is 10.2 Å². The molecule has 0 saturated carbocycles. The number of amides is 2. The van der Waals surface area contributed by atoms with Gasteiger partial charge in [-0.2, -0.15) is 0 Å². The fraction of sp³-hybridized carbons (Fsp3) is 0.286. The van der Waals surface area contributed by atoms with Gasteiger partial charge in [-0.1, -0.05) is 67.1 Å². The molecule has 36 heavy (non-hydrogen) atoms. The number of anilines is 1. The van der Waals surface area contributed by atoms with Crippen molar-refractivity contribution in [2.24, 2.45) is 0 Å². The highest BCUT2D eigenvalue weighted by Gasteiger charge is 2.33. The molecule has 0 heterocycles. The monoisotopic (exact) mass is 507 g/mol. The molecule has 3 aromatic carbocycles. The second-order valence-corrected chi connectivity index (χ2v) is 10.5. The number of carbonyl (C=O) groups excluding carboxylic acids is 2. The summed E-state index contributed by atoms with van der Waals surface area (Å²) >= 11 is 0. The van der Waals surface area contributed by atoms with Crippen LogP contribution in [0.2, 0.25) is 0 Å². The SMILES string of the molecule is CC[C@H](C(=O)NC)N(Cc1ccccc1C)C(=O)CN(c1ccccc1)S(=O)(=O)c1ccc(C)cc1. The van der Waals surface area contributed by atoms with Crippen molar-refractivity contribution >= 4 is 27.5 Å². The van der Waals surface area contributed by atoms with Gasteiger partial charge in [-0.15, -0.1) is 0 Å². The van der Waals surface area contributed by atoms with Crippen LogP contribution in [-0.2, 0) is 26.2 Å². The number of likely N-dealkylation sites (N-methyl/N-ethyl adjacent to an activating group) is 1. The first-order chi connectivity index (χ1) is 17.2. The quantitative estimate of drug-likeness (QED) is 0.449. The first-order valence-corrected chi connectivity index (χ1v) is 13.3. The Balaban J connectivity index is 2.04. The molecule has 0 spiro atoms. The molecule has 0 saturated heterocycles. The second kappa shape index (κ2) is 11.9. The van der Waals surface area contributed by atoms with E-state index in [1.54, 1.807) is 42.5 Å². The molecule has 0 bridgehead atoms. The van der Waals surface area contributed by atoms with Crippen molar-refractivity contribution in [3.8, 4) is 0 Å². The molecule has 8 heteroatoms. The minimum atomic E-state index is -4.05. The Labute approximate surface area is 213 Å². The minimum Gasteiger partial charge on any atom is -0.357 e. The van der Waals surface area contributed by atoms with Crippen molar-refractivity contribution < 1.29 is 18.0 Å². The Bertz CT molecular complexity index is 1290. The smallest absolute Gasteiger partial charge is 0.264 e. The lowest BCUT2D eigenvalue weighted by Crippen LogP contribution is -2.51. The van der Waals surface area contributed by atoms with Crippen LogP contribution in [0.5, 0.6) is 0 Å². The van der Waals surface area contributed by atoms with Crippen LogP contribution in [0.3, 0.4) is 0 Å². The maximum atomic E-state index is 13.8. The number of para-hydroxylation sites is 1. The van der Waals surface area contributed by atoms with Gasteiger partial charge in [0.05, 0.1) is 10.6 Å². The number of sulfonamides is 1. The standard InChI is InChI=1S/C28H33N3O4S/c1-5-26(28(33)29-4)30(19-23-12-10-9-11-22(23)3)27(32)20-31(24-13-7-6-8-14-24)36(34,35)25-17-15-21(2)16-18-25/h6-18,26H,5,19-20H2,1-4H3,(H,29,33)/t26-/m1/s1. The summed E-state index contributed by atoms with van der Waals surface area (Å²) in [6.45, 7) is 5.39. The van der Waals surface area contributed by atoms with E-state index in [0.717, 1.165) is 21.0 Å². The zero-order valence-electron chi connectivity index (χ0n) is 21.1. The van der Waals surface area contributed by atoms with Gasteiger partial charge in [0.15, 0.2) is 0 Å². The lowest BCUT2D eigenvalue weighted by Gasteiger charge is -2.33. The van der Waals surface area contributed by atoms with E-state index in [0.29, 0.717) is 12.1 Å². The molecule has 0 aliphatic heterocycles. The van der Waals surface area contributed by atoms with Crippen LogP contribution in [0.1, 0.15) is 30.0 Å². The molecule has 0 radical (unpaired) electrons. The Morgan fingerprint density at radius 2 is 1.50 bits per heavy atom. The van der Waals surface area contributed by atoms with Crippen molar-refractivity contribution in [1.29, 1.82) is 0 Å².